The first-order valence-electron chi connectivity index (χ1n) is 8.27. The fourth-order valence-corrected chi connectivity index (χ4v) is 5.22. The number of carbonyl (C=O) groups is 1. The molecule has 0 amide bonds. The largest absolute Gasteiger partial charge is 0.417 e. The monoisotopic (exact) mass is 353 g/mol. The van der Waals surface area contributed by atoms with Gasteiger partial charge in [-0.15, -0.1) is 11.3 Å². The van der Waals surface area contributed by atoms with Crippen molar-refractivity contribution in [2.45, 2.75) is 25.4 Å². The summed E-state index contributed by atoms with van der Waals surface area (Å²) in [5.41, 5.74) is -0.646. The minimum atomic E-state index is -4.39. The Morgan fingerprint density at radius 3 is 2.62 bits per heavy atom. The molecule has 0 spiro atoms. The van der Waals surface area contributed by atoms with Gasteiger partial charge in [-0.05, 0) is 55.3 Å². The van der Waals surface area contributed by atoms with E-state index in [1.54, 1.807) is 12.1 Å². The summed E-state index contributed by atoms with van der Waals surface area (Å²) in [4.78, 5) is 15.5. The van der Waals surface area contributed by atoms with Crippen LogP contribution in [0.2, 0.25) is 0 Å². The molecule has 0 unspecified atom stereocenters. The van der Waals surface area contributed by atoms with Crippen molar-refractivity contribution >= 4 is 27.2 Å². The predicted octanol–water partition coefficient (Wildman–Crippen LogP) is 4.83. The summed E-state index contributed by atoms with van der Waals surface area (Å²) in [6.07, 6.45) is -1.65. The average Bonchev–Trinajstić information content (AvgIpc) is 2.99. The van der Waals surface area contributed by atoms with Gasteiger partial charge in [-0.25, -0.2) is 0 Å². The van der Waals surface area contributed by atoms with Crippen LogP contribution >= 0.6 is 11.3 Å². The van der Waals surface area contributed by atoms with Crippen molar-refractivity contribution in [2.75, 3.05) is 19.6 Å². The second-order valence-electron chi connectivity index (χ2n) is 6.86. The number of Topliss-reactive ketones (excluding diaryl/α,β-unsaturated/α-hetero) is 1. The van der Waals surface area contributed by atoms with Gasteiger partial charge in [0.1, 0.15) is 0 Å². The molecule has 0 radical (unpaired) electrons. The quantitative estimate of drug-likeness (QED) is 0.736. The third-order valence-electron chi connectivity index (χ3n) is 5.36. The molecule has 24 heavy (non-hydrogen) atoms. The smallest absolute Gasteiger partial charge is 0.303 e. The Morgan fingerprint density at radius 2 is 2.00 bits per heavy atom. The highest BCUT2D eigenvalue weighted by Gasteiger charge is 2.36. The lowest BCUT2D eigenvalue weighted by Gasteiger charge is -2.44. The first-order chi connectivity index (χ1) is 11.4. The zero-order chi connectivity index (χ0) is 16.9. The molecule has 1 aromatic heterocycles. The number of fused-ring (bicyclic) bond motifs is 4. The van der Waals surface area contributed by atoms with E-state index in [2.05, 4.69) is 4.90 Å². The van der Waals surface area contributed by atoms with Gasteiger partial charge < -0.3 is 4.90 Å². The molecule has 1 atom stereocenters. The average molecular weight is 353 g/mol. The van der Waals surface area contributed by atoms with E-state index in [1.165, 1.54) is 6.07 Å². The standard InChI is InChI=1S/C18H18F3NOS/c19-18(20,21)14-3-1-2-12-9-16(24-17(12)14)15(23)8-13-10-22-6-4-11(13)5-7-22/h1-3,9,11,13H,4-8,10H2/t13-/m1/s1. The van der Waals surface area contributed by atoms with Crippen molar-refractivity contribution in [3.8, 4) is 0 Å². The van der Waals surface area contributed by atoms with E-state index in [1.807, 2.05) is 0 Å². The lowest BCUT2D eigenvalue weighted by Crippen LogP contribution is -2.47. The van der Waals surface area contributed by atoms with Crippen LogP contribution in [-0.2, 0) is 6.18 Å². The number of hydrogen-bond acceptors (Lipinski definition) is 3. The molecule has 3 saturated heterocycles. The second-order valence-corrected chi connectivity index (χ2v) is 7.91. The lowest BCUT2D eigenvalue weighted by atomic mass is 9.76. The Morgan fingerprint density at radius 1 is 1.25 bits per heavy atom. The minimum absolute atomic E-state index is 0.0110. The van der Waals surface area contributed by atoms with Crippen LogP contribution in [0.15, 0.2) is 24.3 Å². The van der Waals surface area contributed by atoms with Crippen molar-refractivity contribution in [2.24, 2.45) is 11.8 Å². The van der Waals surface area contributed by atoms with Crippen molar-refractivity contribution < 1.29 is 18.0 Å². The van der Waals surface area contributed by atoms with Crippen LogP contribution in [0.25, 0.3) is 10.1 Å². The fourth-order valence-electron chi connectivity index (χ4n) is 4.08. The van der Waals surface area contributed by atoms with Gasteiger partial charge in [-0.2, -0.15) is 13.2 Å². The third-order valence-corrected chi connectivity index (χ3v) is 6.59. The molecule has 3 aliphatic rings. The normalized spacial score (nSPS) is 26.9. The maximum atomic E-state index is 13.1. The van der Waals surface area contributed by atoms with Gasteiger partial charge in [-0.1, -0.05) is 12.1 Å². The Kier molecular flexibility index (Phi) is 3.92. The van der Waals surface area contributed by atoms with E-state index < -0.39 is 11.7 Å². The first-order valence-corrected chi connectivity index (χ1v) is 9.09. The number of rotatable bonds is 3. The maximum absolute atomic E-state index is 13.1. The highest BCUT2D eigenvalue weighted by molar-refractivity contribution is 7.21. The Labute approximate surface area is 142 Å². The molecular weight excluding hydrogens is 335 g/mol. The van der Waals surface area contributed by atoms with Crippen molar-refractivity contribution in [3.05, 3.63) is 34.7 Å². The highest BCUT2D eigenvalue weighted by Crippen LogP contribution is 2.40. The van der Waals surface area contributed by atoms with Gasteiger partial charge in [0.2, 0.25) is 0 Å². The van der Waals surface area contributed by atoms with Gasteiger partial charge in [-0.3, -0.25) is 4.79 Å². The number of benzene rings is 1. The number of piperidine rings is 3. The minimum Gasteiger partial charge on any atom is -0.303 e. The van der Waals surface area contributed by atoms with Crippen LogP contribution in [0.4, 0.5) is 13.2 Å². The van der Waals surface area contributed by atoms with Crippen LogP contribution in [0, 0.1) is 11.8 Å². The number of alkyl halides is 3. The molecule has 128 valence electrons. The molecule has 3 fully saturated rings. The molecule has 4 heterocycles. The molecule has 2 aromatic rings. The summed E-state index contributed by atoms with van der Waals surface area (Å²) in [5.74, 6) is 0.939. The van der Waals surface area contributed by atoms with E-state index >= 15 is 0 Å². The van der Waals surface area contributed by atoms with Crippen LogP contribution in [0.5, 0.6) is 0 Å². The van der Waals surface area contributed by atoms with E-state index in [0.717, 1.165) is 49.9 Å². The maximum Gasteiger partial charge on any atom is 0.417 e. The number of carbonyl (C=O) groups excluding carboxylic acids is 1. The molecule has 2 nitrogen and oxygen atoms in total. The van der Waals surface area contributed by atoms with Gasteiger partial charge in [0.05, 0.1) is 10.4 Å². The van der Waals surface area contributed by atoms with Crippen molar-refractivity contribution in [1.29, 1.82) is 0 Å². The Balaban J connectivity index is 1.59. The van der Waals surface area contributed by atoms with Crippen LogP contribution < -0.4 is 0 Å². The van der Waals surface area contributed by atoms with Crippen LogP contribution in [0.1, 0.15) is 34.5 Å². The van der Waals surface area contributed by atoms with E-state index in [0.29, 0.717) is 28.5 Å². The predicted molar refractivity (Wildman–Crippen MR) is 88.4 cm³/mol. The molecule has 2 bridgehead atoms. The zero-order valence-corrected chi connectivity index (χ0v) is 13.9. The number of ketones is 1. The number of halogens is 3. The summed E-state index contributed by atoms with van der Waals surface area (Å²) in [7, 11) is 0. The molecule has 6 heteroatoms. The molecular formula is C18H18F3NOS. The molecule has 0 aliphatic carbocycles. The molecule has 0 N–H and O–H groups in total. The first kappa shape index (κ1) is 16.1. The second kappa shape index (κ2) is 5.85. The summed E-state index contributed by atoms with van der Waals surface area (Å²) in [5, 5.41) is 0.507. The van der Waals surface area contributed by atoms with Crippen molar-refractivity contribution in [3.63, 3.8) is 0 Å². The number of hydrogen-bond donors (Lipinski definition) is 0. The fraction of sp³-hybridized carbons (Fsp3) is 0.500. The lowest BCUT2D eigenvalue weighted by molar-refractivity contribution is -0.136. The molecule has 1 aromatic carbocycles. The van der Waals surface area contributed by atoms with Gasteiger partial charge in [0.15, 0.2) is 5.78 Å². The summed E-state index contributed by atoms with van der Waals surface area (Å²) in [6.45, 7) is 3.19. The van der Waals surface area contributed by atoms with Crippen LogP contribution in [-0.4, -0.2) is 30.3 Å². The van der Waals surface area contributed by atoms with Gasteiger partial charge in [0, 0.05) is 17.7 Å². The summed E-state index contributed by atoms with van der Waals surface area (Å²) >= 11 is 0.984. The van der Waals surface area contributed by atoms with Gasteiger partial charge >= 0.3 is 6.18 Å². The zero-order valence-electron chi connectivity index (χ0n) is 13.1. The van der Waals surface area contributed by atoms with E-state index in [-0.39, 0.29) is 10.5 Å². The number of nitrogens with zero attached hydrogens (tertiary/aromatic N) is 1. The molecule has 5 rings (SSSR count). The summed E-state index contributed by atoms with van der Waals surface area (Å²) in [6, 6.07) is 5.76. The topological polar surface area (TPSA) is 20.3 Å². The van der Waals surface area contributed by atoms with E-state index in [9.17, 15) is 18.0 Å². The number of thiophene rings is 1. The summed E-state index contributed by atoms with van der Waals surface area (Å²) < 4.78 is 39.5. The van der Waals surface area contributed by atoms with Crippen molar-refractivity contribution in [1.82, 2.24) is 4.90 Å². The SMILES string of the molecule is O=C(C[C@@H]1CN2CCC1CC2)c1cc2cccc(C(F)(F)F)c2s1. The van der Waals surface area contributed by atoms with E-state index in [4.69, 9.17) is 0 Å². The third kappa shape index (κ3) is 2.86. The Hall–Kier alpha value is -1.40. The molecule has 3 aliphatic heterocycles. The van der Waals surface area contributed by atoms with Gasteiger partial charge in [0.25, 0.3) is 0 Å². The molecule has 0 saturated carbocycles. The Bertz CT molecular complexity index is 774. The highest BCUT2D eigenvalue weighted by atomic mass is 32.1. The van der Waals surface area contributed by atoms with Crippen LogP contribution in [0.3, 0.4) is 0 Å².